The lowest BCUT2D eigenvalue weighted by molar-refractivity contribution is 0.0811. The van der Waals surface area contributed by atoms with E-state index in [4.69, 9.17) is 4.74 Å². The second-order valence-electron chi connectivity index (χ2n) is 4.73. The van der Waals surface area contributed by atoms with E-state index in [0.717, 1.165) is 12.5 Å². The fraction of sp³-hybridized carbons (Fsp3) is 1.00. The van der Waals surface area contributed by atoms with E-state index < -0.39 is 0 Å². The third kappa shape index (κ3) is 2.71. The Bertz CT molecular complexity index is 168. The number of rotatable bonds is 6. The van der Waals surface area contributed by atoms with Crippen molar-refractivity contribution in [2.45, 2.75) is 57.6 Å². The van der Waals surface area contributed by atoms with E-state index in [1.165, 1.54) is 45.1 Å². The van der Waals surface area contributed by atoms with Gasteiger partial charge in [-0.25, -0.2) is 0 Å². The Hall–Kier alpha value is -0.0800. The van der Waals surface area contributed by atoms with Gasteiger partial charge in [0.05, 0.1) is 6.10 Å². The highest BCUT2D eigenvalue weighted by molar-refractivity contribution is 4.93. The van der Waals surface area contributed by atoms with Gasteiger partial charge in [0.1, 0.15) is 0 Å². The molecule has 1 aliphatic carbocycles. The lowest BCUT2D eigenvalue weighted by Crippen LogP contribution is -2.38. The minimum absolute atomic E-state index is 0.552. The Morgan fingerprint density at radius 1 is 1.21 bits per heavy atom. The second-order valence-corrected chi connectivity index (χ2v) is 4.73. The summed E-state index contributed by atoms with van der Waals surface area (Å²) < 4.78 is 5.78. The summed E-state index contributed by atoms with van der Waals surface area (Å²) in [5.41, 5.74) is 0. The first-order valence-corrected chi connectivity index (χ1v) is 6.27. The first-order chi connectivity index (χ1) is 6.92. The molecule has 1 aliphatic heterocycles. The predicted octanol–water partition coefficient (Wildman–Crippen LogP) is 2.33. The van der Waals surface area contributed by atoms with Gasteiger partial charge in [0.15, 0.2) is 0 Å². The van der Waals surface area contributed by atoms with Gasteiger partial charge in [-0.05, 0) is 38.1 Å². The maximum Gasteiger partial charge on any atom is 0.0756 e. The minimum atomic E-state index is 0.552. The summed E-state index contributed by atoms with van der Waals surface area (Å²) in [4.78, 5) is 0. The van der Waals surface area contributed by atoms with Gasteiger partial charge in [0.2, 0.25) is 0 Å². The summed E-state index contributed by atoms with van der Waals surface area (Å²) in [7, 11) is 0. The van der Waals surface area contributed by atoms with E-state index in [-0.39, 0.29) is 0 Å². The largest absolute Gasteiger partial charge is 0.376 e. The van der Waals surface area contributed by atoms with Crippen LogP contribution in [-0.2, 0) is 4.74 Å². The van der Waals surface area contributed by atoms with Crippen molar-refractivity contribution < 1.29 is 4.74 Å². The van der Waals surface area contributed by atoms with Crippen LogP contribution in [-0.4, -0.2) is 25.3 Å². The topological polar surface area (TPSA) is 21.3 Å². The van der Waals surface area contributed by atoms with Gasteiger partial charge >= 0.3 is 0 Å². The van der Waals surface area contributed by atoms with E-state index in [0.29, 0.717) is 12.1 Å². The first-order valence-electron chi connectivity index (χ1n) is 6.27. The molecule has 1 heterocycles. The van der Waals surface area contributed by atoms with Gasteiger partial charge < -0.3 is 10.1 Å². The van der Waals surface area contributed by atoms with Gasteiger partial charge in [0, 0.05) is 12.6 Å². The molecule has 0 bridgehead atoms. The molecule has 2 nitrogen and oxygen atoms in total. The normalized spacial score (nSPS) is 32.4. The zero-order valence-electron chi connectivity index (χ0n) is 9.30. The molecule has 0 aromatic heterocycles. The van der Waals surface area contributed by atoms with Crippen LogP contribution >= 0.6 is 0 Å². The van der Waals surface area contributed by atoms with E-state index in [9.17, 15) is 0 Å². The van der Waals surface area contributed by atoms with Crippen molar-refractivity contribution in [3.63, 3.8) is 0 Å². The fourth-order valence-corrected chi connectivity index (χ4v) is 2.38. The maximum absolute atomic E-state index is 5.78. The molecule has 2 aliphatic rings. The first kappa shape index (κ1) is 10.4. The van der Waals surface area contributed by atoms with Crippen molar-refractivity contribution in [2.24, 2.45) is 5.92 Å². The lowest BCUT2D eigenvalue weighted by atomic mass is 10.1. The van der Waals surface area contributed by atoms with Crippen LogP contribution in [0, 0.1) is 5.92 Å². The summed E-state index contributed by atoms with van der Waals surface area (Å²) in [5.74, 6) is 0.890. The number of nitrogens with one attached hydrogen (secondary N) is 1. The summed E-state index contributed by atoms with van der Waals surface area (Å²) in [6.45, 7) is 4.42. The molecule has 0 amide bonds. The Morgan fingerprint density at radius 2 is 2.07 bits per heavy atom. The molecule has 0 aromatic rings. The molecule has 0 radical (unpaired) electrons. The zero-order chi connectivity index (χ0) is 9.80. The van der Waals surface area contributed by atoms with Crippen LogP contribution in [0.15, 0.2) is 0 Å². The maximum atomic E-state index is 5.78. The number of ether oxygens (including phenoxy) is 1. The highest BCUT2D eigenvalue weighted by atomic mass is 16.5. The molecular formula is C12H23NO. The number of unbranched alkanes of at least 4 members (excludes halogenated alkanes) is 2. The Kier molecular flexibility index (Phi) is 3.82. The summed E-state index contributed by atoms with van der Waals surface area (Å²) in [5, 5.41) is 3.66. The molecule has 1 saturated carbocycles. The second kappa shape index (κ2) is 5.13. The van der Waals surface area contributed by atoms with Gasteiger partial charge in [-0.3, -0.25) is 0 Å². The van der Waals surface area contributed by atoms with Crippen molar-refractivity contribution in [3.05, 3.63) is 0 Å². The van der Waals surface area contributed by atoms with E-state index in [1.807, 2.05) is 0 Å². The average molecular weight is 197 g/mol. The van der Waals surface area contributed by atoms with Crippen molar-refractivity contribution in [1.29, 1.82) is 0 Å². The minimum Gasteiger partial charge on any atom is -0.376 e. The van der Waals surface area contributed by atoms with Crippen LogP contribution in [0.5, 0.6) is 0 Å². The van der Waals surface area contributed by atoms with Gasteiger partial charge in [-0.15, -0.1) is 0 Å². The molecule has 2 fully saturated rings. The molecule has 2 rings (SSSR count). The number of hydrogen-bond acceptors (Lipinski definition) is 2. The summed E-state index contributed by atoms with van der Waals surface area (Å²) in [6, 6.07) is 0.666. The Labute approximate surface area is 87.4 Å². The standard InChI is InChI=1S/C12H23NO/c1-2-3-4-8-13-11-7-9-14-12(11)10-5-6-10/h10-13H,2-9H2,1H3. The zero-order valence-corrected chi connectivity index (χ0v) is 9.30. The molecule has 2 heteroatoms. The van der Waals surface area contributed by atoms with Crippen molar-refractivity contribution >= 4 is 0 Å². The predicted molar refractivity (Wildman–Crippen MR) is 58.4 cm³/mol. The Morgan fingerprint density at radius 3 is 2.79 bits per heavy atom. The average Bonchev–Trinajstić information content (AvgIpc) is 2.94. The molecule has 0 spiro atoms. The van der Waals surface area contributed by atoms with Crippen LogP contribution in [0.3, 0.4) is 0 Å². The molecule has 2 atom stereocenters. The van der Waals surface area contributed by atoms with Crippen molar-refractivity contribution in [1.82, 2.24) is 5.32 Å². The van der Waals surface area contributed by atoms with E-state index >= 15 is 0 Å². The van der Waals surface area contributed by atoms with Crippen LogP contribution in [0.4, 0.5) is 0 Å². The Balaban J connectivity index is 1.63. The van der Waals surface area contributed by atoms with E-state index in [1.54, 1.807) is 0 Å². The summed E-state index contributed by atoms with van der Waals surface area (Å²) >= 11 is 0. The smallest absolute Gasteiger partial charge is 0.0756 e. The van der Waals surface area contributed by atoms with Gasteiger partial charge in [-0.1, -0.05) is 19.8 Å². The highest BCUT2D eigenvalue weighted by Gasteiger charge is 2.40. The van der Waals surface area contributed by atoms with Crippen LogP contribution in [0.2, 0.25) is 0 Å². The van der Waals surface area contributed by atoms with Crippen LogP contribution in [0.1, 0.15) is 45.4 Å². The third-order valence-corrected chi connectivity index (χ3v) is 3.41. The van der Waals surface area contributed by atoms with Crippen molar-refractivity contribution in [2.75, 3.05) is 13.2 Å². The van der Waals surface area contributed by atoms with Crippen molar-refractivity contribution in [3.8, 4) is 0 Å². The summed E-state index contributed by atoms with van der Waals surface area (Å²) in [6.07, 6.45) is 8.58. The quantitative estimate of drug-likeness (QED) is 0.660. The molecule has 1 N–H and O–H groups in total. The molecular weight excluding hydrogens is 174 g/mol. The third-order valence-electron chi connectivity index (χ3n) is 3.41. The van der Waals surface area contributed by atoms with E-state index in [2.05, 4.69) is 12.2 Å². The number of hydrogen-bond donors (Lipinski definition) is 1. The monoisotopic (exact) mass is 197 g/mol. The lowest BCUT2D eigenvalue weighted by Gasteiger charge is -2.19. The molecule has 82 valence electrons. The molecule has 2 unspecified atom stereocenters. The fourth-order valence-electron chi connectivity index (χ4n) is 2.38. The molecule has 1 saturated heterocycles. The highest BCUT2D eigenvalue weighted by Crippen LogP contribution is 2.38. The van der Waals surface area contributed by atoms with Gasteiger partial charge in [-0.2, -0.15) is 0 Å². The van der Waals surface area contributed by atoms with Crippen LogP contribution in [0.25, 0.3) is 0 Å². The van der Waals surface area contributed by atoms with Crippen LogP contribution < -0.4 is 5.32 Å². The SMILES string of the molecule is CCCCCNC1CCOC1C1CC1. The van der Waals surface area contributed by atoms with Gasteiger partial charge in [0.25, 0.3) is 0 Å². The molecule has 0 aromatic carbocycles. The molecule has 14 heavy (non-hydrogen) atoms.